The van der Waals surface area contributed by atoms with Crippen molar-refractivity contribution in [2.24, 2.45) is 0 Å². The van der Waals surface area contributed by atoms with E-state index in [4.69, 9.17) is 25.8 Å². The van der Waals surface area contributed by atoms with Gasteiger partial charge in [-0.1, -0.05) is 0 Å². The Labute approximate surface area is 164 Å². The molecule has 0 saturated heterocycles. The van der Waals surface area contributed by atoms with Gasteiger partial charge in [-0.3, -0.25) is 4.57 Å². The van der Waals surface area contributed by atoms with Crippen LogP contribution >= 0.6 is 11.6 Å². The van der Waals surface area contributed by atoms with Gasteiger partial charge < -0.3 is 14.2 Å². The van der Waals surface area contributed by atoms with Gasteiger partial charge in [-0.05, 0) is 74.0 Å². The van der Waals surface area contributed by atoms with Crippen molar-refractivity contribution >= 4 is 11.6 Å². The van der Waals surface area contributed by atoms with E-state index in [0.717, 1.165) is 34.0 Å². The number of nitrogens with zero attached hydrogens (tertiary/aromatic N) is 2. The zero-order chi connectivity index (χ0) is 19.4. The van der Waals surface area contributed by atoms with E-state index in [1.54, 1.807) is 14.2 Å². The van der Waals surface area contributed by atoms with Crippen molar-refractivity contribution in [3.8, 4) is 34.0 Å². The molecule has 6 heteroatoms. The van der Waals surface area contributed by atoms with E-state index in [1.165, 1.54) is 0 Å². The minimum absolute atomic E-state index is 0.251. The predicted octanol–water partition coefficient (Wildman–Crippen LogP) is 5.44. The maximum atomic E-state index is 6.52. The summed E-state index contributed by atoms with van der Waals surface area (Å²) >= 11 is 6.52. The number of halogens is 1. The molecule has 1 unspecified atom stereocenters. The molecule has 0 aliphatic carbocycles. The molecule has 0 aliphatic heterocycles. The van der Waals surface area contributed by atoms with Crippen molar-refractivity contribution in [1.82, 2.24) is 9.55 Å². The highest BCUT2D eigenvalue weighted by Gasteiger charge is 2.22. The molecule has 1 heterocycles. The largest absolute Gasteiger partial charge is 0.497 e. The second-order valence-electron chi connectivity index (χ2n) is 5.96. The Kier molecular flexibility index (Phi) is 6.04. The van der Waals surface area contributed by atoms with Crippen LogP contribution in [0.1, 0.15) is 20.1 Å². The van der Waals surface area contributed by atoms with E-state index in [1.807, 2.05) is 66.9 Å². The first-order chi connectivity index (χ1) is 13.1. The van der Waals surface area contributed by atoms with Crippen molar-refractivity contribution < 1.29 is 14.2 Å². The van der Waals surface area contributed by atoms with Crippen molar-refractivity contribution in [2.45, 2.75) is 20.1 Å². The number of benzene rings is 2. The van der Waals surface area contributed by atoms with Crippen LogP contribution in [0.25, 0.3) is 22.5 Å². The Morgan fingerprint density at radius 2 is 1.44 bits per heavy atom. The lowest BCUT2D eigenvalue weighted by Crippen LogP contribution is -2.11. The summed E-state index contributed by atoms with van der Waals surface area (Å²) < 4.78 is 18.2. The molecule has 3 aromatic rings. The molecule has 27 heavy (non-hydrogen) atoms. The number of rotatable bonds is 7. The van der Waals surface area contributed by atoms with Crippen molar-refractivity contribution in [3.05, 3.63) is 53.8 Å². The number of imidazole rings is 1. The van der Waals surface area contributed by atoms with Crippen molar-refractivity contribution in [3.63, 3.8) is 0 Å². The van der Waals surface area contributed by atoms with Gasteiger partial charge >= 0.3 is 0 Å². The van der Waals surface area contributed by atoms with Crippen LogP contribution in [-0.2, 0) is 4.74 Å². The lowest BCUT2D eigenvalue weighted by molar-refractivity contribution is 0.0261. The summed E-state index contributed by atoms with van der Waals surface area (Å²) in [7, 11) is 3.29. The van der Waals surface area contributed by atoms with Crippen LogP contribution in [0.3, 0.4) is 0 Å². The molecule has 0 radical (unpaired) electrons. The van der Waals surface area contributed by atoms with Crippen LogP contribution in [0.2, 0.25) is 5.28 Å². The topological polar surface area (TPSA) is 45.5 Å². The minimum Gasteiger partial charge on any atom is -0.497 e. The molecular weight excluding hydrogens is 364 g/mol. The fourth-order valence-corrected chi connectivity index (χ4v) is 3.33. The summed E-state index contributed by atoms with van der Waals surface area (Å²) in [6, 6.07) is 15.6. The van der Waals surface area contributed by atoms with Crippen molar-refractivity contribution in [2.75, 3.05) is 20.8 Å². The highest BCUT2D eigenvalue weighted by atomic mass is 35.5. The zero-order valence-electron chi connectivity index (χ0n) is 15.9. The molecule has 0 aliphatic rings. The van der Waals surface area contributed by atoms with Crippen LogP contribution < -0.4 is 9.47 Å². The van der Waals surface area contributed by atoms with Crippen LogP contribution in [0.4, 0.5) is 0 Å². The highest BCUT2D eigenvalue weighted by Crippen LogP contribution is 2.38. The molecule has 0 fully saturated rings. The van der Waals surface area contributed by atoms with Crippen LogP contribution in [0.15, 0.2) is 48.5 Å². The predicted molar refractivity (Wildman–Crippen MR) is 108 cm³/mol. The first-order valence-electron chi connectivity index (χ1n) is 8.77. The summed E-state index contributed by atoms with van der Waals surface area (Å²) in [5, 5.41) is 0.382. The molecular formula is C21H23ClN2O3. The fraction of sp³-hybridized carbons (Fsp3) is 0.286. The average molecular weight is 387 g/mol. The van der Waals surface area contributed by atoms with Gasteiger partial charge in [0.2, 0.25) is 5.28 Å². The summed E-state index contributed by atoms with van der Waals surface area (Å²) in [6.45, 7) is 4.50. The number of ether oxygens (including phenoxy) is 3. The lowest BCUT2D eigenvalue weighted by atomic mass is 10.0. The van der Waals surface area contributed by atoms with Gasteiger partial charge in [0.25, 0.3) is 0 Å². The first kappa shape index (κ1) is 19.3. The molecule has 0 saturated carbocycles. The number of methoxy groups -OCH3 is 2. The third-order valence-corrected chi connectivity index (χ3v) is 4.63. The Hall–Kier alpha value is -2.50. The average Bonchev–Trinajstić information content (AvgIpc) is 3.05. The van der Waals surface area contributed by atoms with E-state index >= 15 is 0 Å². The van der Waals surface area contributed by atoms with Gasteiger partial charge in [-0.15, -0.1) is 0 Å². The molecule has 0 bridgehead atoms. The Bertz CT molecular complexity index is 889. The molecule has 1 aromatic heterocycles. The fourth-order valence-electron chi connectivity index (χ4n) is 3.03. The summed E-state index contributed by atoms with van der Waals surface area (Å²) in [6.07, 6.45) is -0.251. The molecule has 0 spiro atoms. The van der Waals surface area contributed by atoms with Gasteiger partial charge in [-0.2, -0.15) is 0 Å². The second-order valence-corrected chi connectivity index (χ2v) is 6.30. The van der Waals surface area contributed by atoms with Crippen molar-refractivity contribution in [1.29, 1.82) is 0 Å². The number of aromatic nitrogens is 2. The van der Waals surface area contributed by atoms with E-state index < -0.39 is 0 Å². The second kappa shape index (κ2) is 8.46. The first-order valence-corrected chi connectivity index (χ1v) is 9.15. The maximum Gasteiger partial charge on any atom is 0.205 e. The summed E-state index contributed by atoms with van der Waals surface area (Å²) in [4.78, 5) is 4.63. The van der Waals surface area contributed by atoms with E-state index in [9.17, 15) is 0 Å². The van der Waals surface area contributed by atoms with Crippen LogP contribution in [-0.4, -0.2) is 30.4 Å². The standard InChI is InChI=1S/C21H23ClN2O3/c1-5-27-14(2)24-20(16-8-12-18(26-4)13-9-16)19(23-21(24)22)15-6-10-17(25-3)11-7-15/h6-14H,5H2,1-4H3. The summed E-state index contributed by atoms with van der Waals surface area (Å²) in [5.74, 6) is 1.58. The third kappa shape index (κ3) is 3.94. The quantitative estimate of drug-likeness (QED) is 0.542. The smallest absolute Gasteiger partial charge is 0.205 e. The molecule has 2 aromatic carbocycles. The molecule has 1 atom stereocenters. The lowest BCUT2D eigenvalue weighted by Gasteiger charge is -2.18. The molecule has 0 N–H and O–H groups in total. The number of hydrogen-bond donors (Lipinski definition) is 0. The van der Waals surface area contributed by atoms with E-state index in [2.05, 4.69) is 4.98 Å². The molecule has 3 rings (SSSR count). The minimum atomic E-state index is -0.251. The van der Waals surface area contributed by atoms with Gasteiger partial charge in [0, 0.05) is 17.7 Å². The van der Waals surface area contributed by atoms with Gasteiger partial charge in [-0.25, -0.2) is 4.98 Å². The normalized spacial score (nSPS) is 12.0. The zero-order valence-corrected chi connectivity index (χ0v) is 16.7. The molecule has 142 valence electrons. The Balaban J connectivity index is 2.18. The van der Waals surface area contributed by atoms with E-state index in [-0.39, 0.29) is 6.23 Å². The van der Waals surface area contributed by atoms with Crippen LogP contribution in [0, 0.1) is 0 Å². The Morgan fingerprint density at radius 1 is 0.926 bits per heavy atom. The Morgan fingerprint density at radius 3 is 1.93 bits per heavy atom. The summed E-state index contributed by atoms with van der Waals surface area (Å²) in [5.41, 5.74) is 3.62. The maximum absolute atomic E-state index is 6.52. The molecule has 0 amide bonds. The number of hydrogen-bond acceptors (Lipinski definition) is 4. The SMILES string of the molecule is CCOC(C)n1c(Cl)nc(-c2ccc(OC)cc2)c1-c1ccc(OC)cc1. The van der Waals surface area contributed by atoms with Gasteiger partial charge in [0.15, 0.2) is 0 Å². The van der Waals surface area contributed by atoms with Crippen LogP contribution in [0.5, 0.6) is 11.5 Å². The van der Waals surface area contributed by atoms with Gasteiger partial charge in [0.05, 0.1) is 25.6 Å². The monoisotopic (exact) mass is 386 g/mol. The highest BCUT2D eigenvalue weighted by molar-refractivity contribution is 6.29. The third-order valence-electron chi connectivity index (χ3n) is 4.37. The van der Waals surface area contributed by atoms with E-state index in [0.29, 0.717) is 11.9 Å². The van der Waals surface area contributed by atoms with Gasteiger partial charge in [0.1, 0.15) is 17.7 Å². The molecule has 5 nitrogen and oxygen atoms in total.